The standard InChI is InChI=1S/C12H12O/c1-2-12(13)11-8-10(11)9-6-4-3-5-7-9/h2-7,10-11H,1,8H2/t10-,11+/m1/s1. The third-order valence-corrected chi connectivity index (χ3v) is 2.58. The Balaban J connectivity index is 2.08. The number of hydrogen-bond acceptors (Lipinski definition) is 1. The zero-order valence-corrected chi connectivity index (χ0v) is 7.44. The fourth-order valence-corrected chi connectivity index (χ4v) is 1.73. The van der Waals surface area contributed by atoms with Crippen molar-refractivity contribution in [3.63, 3.8) is 0 Å². The second-order valence-electron chi connectivity index (χ2n) is 3.47. The minimum atomic E-state index is 0.189. The predicted octanol–water partition coefficient (Wildman–Crippen LogP) is 2.55. The first-order valence-corrected chi connectivity index (χ1v) is 4.54. The monoisotopic (exact) mass is 172 g/mol. The Labute approximate surface area is 78.1 Å². The molecule has 2 rings (SSSR count). The first-order chi connectivity index (χ1) is 6.33. The van der Waals surface area contributed by atoms with E-state index in [0.29, 0.717) is 5.92 Å². The molecule has 0 heterocycles. The summed E-state index contributed by atoms with van der Waals surface area (Å²) in [7, 11) is 0. The van der Waals surface area contributed by atoms with Gasteiger partial charge in [-0.05, 0) is 24.0 Å². The second kappa shape index (κ2) is 3.17. The minimum absolute atomic E-state index is 0.189. The Morgan fingerprint density at radius 2 is 2.08 bits per heavy atom. The van der Waals surface area contributed by atoms with Crippen LogP contribution in [0, 0.1) is 5.92 Å². The van der Waals surface area contributed by atoms with Crippen LogP contribution in [0.2, 0.25) is 0 Å². The molecule has 1 aliphatic carbocycles. The lowest BCUT2D eigenvalue weighted by Crippen LogP contribution is -1.96. The first kappa shape index (κ1) is 8.24. The number of carbonyl (C=O) groups excluding carboxylic acids is 1. The van der Waals surface area contributed by atoms with Gasteiger partial charge in [-0.1, -0.05) is 36.9 Å². The van der Waals surface area contributed by atoms with Crippen LogP contribution in [0.4, 0.5) is 0 Å². The number of carbonyl (C=O) groups is 1. The highest BCUT2D eigenvalue weighted by molar-refractivity contribution is 5.94. The molecule has 0 aromatic heterocycles. The molecule has 1 saturated carbocycles. The van der Waals surface area contributed by atoms with Crippen LogP contribution in [-0.2, 0) is 4.79 Å². The highest BCUT2D eigenvalue weighted by Crippen LogP contribution is 2.47. The Bertz CT molecular complexity index is 326. The van der Waals surface area contributed by atoms with Crippen LogP contribution in [0.3, 0.4) is 0 Å². The van der Waals surface area contributed by atoms with Crippen molar-refractivity contribution >= 4 is 5.78 Å². The lowest BCUT2D eigenvalue weighted by atomic mass is 10.1. The van der Waals surface area contributed by atoms with Crippen molar-refractivity contribution in [2.24, 2.45) is 5.92 Å². The average molecular weight is 172 g/mol. The van der Waals surface area contributed by atoms with Crippen LogP contribution in [0.25, 0.3) is 0 Å². The molecule has 0 saturated heterocycles. The third kappa shape index (κ3) is 1.55. The molecule has 0 bridgehead atoms. The van der Waals surface area contributed by atoms with E-state index in [-0.39, 0.29) is 11.7 Å². The molecule has 1 fully saturated rings. The van der Waals surface area contributed by atoms with Crippen LogP contribution in [0.5, 0.6) is 0 Å². The van der Waals surface area contributed by atoms with E-state index in [0.717, 1.165) is 6.42 Å². The molecule has 2 atom stereocenters. The summed E-state index contributed by atoms with van der Waals surface area (Å²) in [4.78, 5) is 11.2. The summed E-state index contributed by atoms with van der Waals surface area (Å²) < 4.78 is 0. The number of hydrogen-bond donors (Lipinski definition) is 0. The van der Waals surface area contributed by atoms with Crippen LogP contribution in [-0.4, -0.2) is 5.78 Å². The van der Waals surface area contributed by atoms with Gasteiger partial charge in [0.2, 0.25) is 0 Å². The summed E-state index contributed by atoms with van der Waals surface area (Å²) >= 11 is 0. The second-order valence-corrected chi connectivity index (χ2v) is 3.47. The zero-order valence-electron chi connectivity index (χ0n) is 7.44. The molecule has 0 unspecified atom stereocenters. The van der Waals surface area contributed by atoms with E-state index in [4.69, 9.17) is 0 Å². The number of rotatable bonds is 3. The normalized spacial score (nSPS) is 25.2. The van der Waals surface area contributed by atoms with E-state index in [2.05, 4.69) is 18.7 Å². The van der Waals surface area contributed by atoms with E-state index >= 15 is 0 Å². The van der Waals surface area contributed by atoms with Crippen LogP contribution in [0.1, 0.15) is 17.9 Å². The van der Waals surface area contributed by atoms with E-state index in [9.17, 15) is 4.79 Å². The first-order valence-electron chi connectivity index (χ1n) is 4.54. The van der Waals surface area contributed by atoms with Crippen molar-refractivity contribution in [1.29, 1.82) is 0 Å². The summed E-state index contributed by atoms with van der Waals surface area (Å²) in [6, 6.07) is 10.2. The number of ketones is 1. The smallest absolute Gasteiger partial charge is 0.158 e. The fraction of sp³-hybridized carbons (Fsp3) is 0.250. The molecule has 0 amide bonds. The minimum Gasteiger partial charge on any atom is -0.295 e. The number of benzene rings is 1. The van der Waals surface area contributed by atoms with E-state index in [1.807, 2.05) is 18.2 Å². The molecule has 13 heavy (non-hydrogen) atoms. The van der Waals surface area contributed by atoms with E-state index < -0.39 is 0 Å². The van der Waals surface area contributed by atoms with Crippen molar-refractivity contribution < 1.29 is 4.79 Å². The highest BCUT2D eigenvalue weighted by Gasteiger charge is 2.42. The van der Waals surface area contributed by atoms with Gasteiger partial charge in [-0.25, -0.2) is 0 Å². The molecule has 0 aliphatic heterocycles. The molecule has 1 aromatic rings. The zero-order chi connectivity index (χ0) is 9.26. The summed E-state index contributed by atoms with van der Waals surface area (Å²) in [5.41, 5.74) is 1.28. The molecular formula is C12H12O. The Morgan fingerprint density at radius 3 is 2.69 bits per heavy atom. The van der Waals surface area contributed by atoms with Crippen LogP contribution >= 0.6 is 0 Å². The van der Waals surface area contributed by atoms with Gasteiger partial charge in [0, 0.05) is 5.92 Å². The van der Waals surface area contributed by atoms with Gasteiger partial charge in [0.25, 0.3) is 0 Å². The van der Waals surface area contributed by atoms with Gasteiger partial charge in [-0.2, -0.15) is 0 Å². The topological polar surface area (TPSA) is 17.1 Å². The Morgan fingerprint density at radius 1 is 1.38 bits per heavy atom. The molecule has 0 N–H and O–H groups in total. The molecular weight excluding hydrogens is 160 g/mol. The predicted molar refractivity (Wildman–Crippen MR) is 52.5 cm³/mol. The Kier molecular flexibility index (Phi) is 2.01. The molecule has 1 aliphatic rings. The maximum atomic E-state index is 11.2. The fourth-order valence-electron chi connectivity index (χ4n) is 1.73. The SMILES string of the molecule is C=CC(=O)[C@H]1C[C@@H]1c1ccccc1. The van der Waals surface area contributed by atoms with Crippen molar-refractivity contribution in [2.45, 2.75) is 12.3 Å². The van der Waals surface area contributed by atoms with Gasteiger partial charge < -0.3 is 0 Å². The number of allylic oxidation sites excluding steroid dienone is 1. The quantitative estimate of drug-likeness (QED) is 0.640. The van der Waals surface area contributed by atoms with Crippen LogP contribution < -0.4 is 0 Å². The van der Waals surface area contributed by atoms with E-state index in [1.165, 1.54) is 11.6 Å². The molecule has 1 nitrogen and oxygen atoms in total. The lowest BCUT2D eigenvalue weighted by Gasteiger charge is -1.96. The molecule has 1 heteroatoms. The third-order valence-electron chi connectivity index (χ3n) is 2.58. The maximum Gasteiger partial charge on any atom is 0.158 e. The molecule has 66 valence electrons. The van der Waals surface area contributed by atoms with E-state index in [1.54, 1.807) is 0 Å². The van der Waals surface area contributed by atoms with Crippen molar-refractivity contribution in [2.75, 3.05) is 0 Å². The van der Waals surface area contributed by atoms with Gasteiger partial charge in [-0.3, -0.25) is 4.79 Å². The van der Waals surface area contributed by atoms with Gasteiger partial charge in [0.1, 0.15) is 0 Å². The van der Waals surface area contributed by atoms with Gasteiger partial charge >= 0.3 is 0 Å². The molecule has 1 aromatic carbocycles. The van der Waals surface area contributed by atoms with Crippen molar-refractivity contribution in [3.05, 3.63) is 48.6 Å². The van der Waals surface area contributed by atoms with Gasteiger partial charge in [0.05, 0.1) is 0 Å². The lowest BCUT2D eigenvalue weighted by molar-refractivity contribution is -0.115. The van der Waals surface area contributed by atoms with Gasteiger partial charge in [-0.15, -0.1) is 0 Å². The molecule has 0 radical (unpaired) electrons. The Hall–Kier alpha value is -1.37. The largest absolute Gasteiger partial charge is 0.295 e. The van der Waals surface area contributed by atoms with Crippen molar-refractivity contribution in [3.8, 4) is 0 Å². The average Bonchev–Trinajstić information content (AvgIpc) is 2.98. The summed E-state index contributed by atoms with van der Waals surface area (Å²) in [6.07, 6.45) is 2.43. The summed E-state index contributed by atoms with van der Waals surface area (Å²) in [6.45, 7) is 3.50. The highest BCUT2D eigenvalue weighted by atomic mass is 16.1. The molecule has 0 spiro atoms. The van der Waals surface area contributed by atoms with Gasteiger partial charge in [0.15, 0.2) is 5.78 Å². The summed E-state index contributed by atoms with van der Waals surface area (Å²) in [5.74, 6) is 0.848. The maximum absolute atomic E-state index is 11.2. The van der Waals surface area contributed by atoms with Crippen LogP contribution in [0.15, 0.2) is 43.0 Å². The summed E-state index contributed by atoms with van der Waals surface area (Å²) in [5, 5.41) is 0. The van der Waals surface area contributed by atoms with Crippen molar-refractivity contribution in [1.82, 2.24) is 0 Å².